The third kappa shape index (κ3) is 8.86. The molecule has 0 saturated carbocycles. The van der Waals surface area contributed by atoms with Gasteiger partial charge in [0.1, 0.15) is 5.60 Å². The maximum atomic E-state index is 13.5. The lowest BCUT2D eigenvalue weighted by Gasteiger charge is -2.31. The number of hydrogen-bond acceptors (Lipinski definition) is 5. The van der Waals surface area contributed by atoms with Crippen molar-refractivity contribution >= 4 is 12.0 Å². The van der Waals surface area contributed by atoms with Crippen molar-refractivity contribution in [3.63, 3.8) is 0 Å². The molecule has 3 rings (SSSR count). The van der Waals surface area contributed by atoms with Crippen molar-refractivity contribution in [2.75, 3.05) is 46.8 Å². The van der Waals surface area contributed by atoms with E-state index in [0.717, 1.165) is 61.4 Å². The zero-order valence-corrected chi connectivity index (χ0v) is 23.4. The fourth-order valence-corrected chi connectivity index (χ4v) is 4.66. The molecule has 202 valence electrons. The fraction of sp³-hybridized carbons (Fsp3) is 0.533. The minimum absolute atomic E-state index is 0.0971. The molecule has 7 heteroatoms. The van der Waals surface area contributed by atoms with Gasteiger partial charge in [-0.25, -0.2) is 4.79 Å². The molecule has 1 fully saturated rings. The van der Waals surface area contributed by atoms with Gasteiger partial charge in [0, 0.05) is 37.8 Å². The number of likely N-dealkylation sites (N-methyl/N-ethyl adjacent to an activating group) is 2. The van der Waals surface area contributed by atoms with Gasteiger partial charge in [0.15, 0.2) is 0 Å². The van der Waals surface area contributed by atoms with E-state index in [0.29, 0.717) is 12.6 Å². The molecule has 0 aromatic heterocycles. The van der Waals surface area contributed by atoms with Crippen LogP contribution in [0.2, 0.25) is 0 Å². The van der Waals surface area contributed by atoms with E-state index >= 15 is 0 Å². The van der Waals surface area contributed by atoms with E-state index < -0.39 is 11.7 Å². The highest BCUT2D eigenvalue weighted by atomic mass is 16.6. The number of carbonyl (C=O) groups is 2. The minimum Gasteiger partial charge on any atom is -0.444 e. The van der Waals surface area contributed by atoms with Crippen LogP contribution in [0.4, 0.5) is 4.79 Å². The van der Waals surface area contributed by atoms with E-state index in [9.17, 15) is 9.59 Å². The molecule has 2 amide bonds. The summed E-state index contributed by atoms with van der Waals surface area (Å²) in [5, 5.41) is 2.79. The predicted octanol–water partition coefficient (Wildman–Crippen LogP) is 4.87. The number of likely N-dealkylation sites (tertiary alicyclic amines) is 1. The molecule has 1 atom stereocenters. The SMILES string of the molecule is CCN1CCCC1CN(CCN(C)C)C(=O)c1ccc(-c2ccc(CNC(=O)OC(C)(C)C)cc2)cc1. The van der Waals surface area contributed by atoms with E-state index in [2.05, 4.69) is 22.0 Å². The number of hydrogen-bond donors (Lipinski definition) is 1. The first-order valence-electron chi connectivity index (χ1n) is 13.4. The van der Waals surface area contributed by atoms with Gasteiger partial charge < -0.3 is 19.9 Å². The Labute approximate surface area is 222 Å². The second-order valence-electron chi connectivity index (χ2n) is 11.1. The maximum absolute atomic E-state index is 13.5. The number of nitrogens with zero attached hydrogens (tertiary/aromatic N) is 3. The summed E-state index contributed by atoms with van der Waals surface area (Å²) in [6.45, 7) is 12.6. The van der Waals surface area contributed by atoms with Gasteiger partial charge in [-0.05, 0) is 89.6 Å². The van der Waals surface area contributed by atoms with Crippen LogP contribution in [0.5, 0.6) is 0 Å². The topological polar surface area (TPSA) is 65.1 Å². The molecule has 0 aliphatic carbocycles. The van der Waals surface area contributed by atoms with Gasteiger partial charge in [0.2, 0.25) is 0 Å². The third-order valence-corrected chi connectivity index (χ3v) is 6.70. The molecule has 1 saturated heterocycles. The summed E-state index contributed by atoms with van der Waals surface area (Å²) < 4.78 is 5.29. The van der Waals surface area contributed by atoms with Crippen molar-refractivity contribution in [2.24, 2.45) is 0 Å². The van der Waals surface area contributed by atoms with Crippen molar-refractivity contribution < 1.29 is 14.3 Å². The van der Waals surface area contributed by atoms with Crippen molar-refractivity contribution in [1.29, 1.82) is 0 Å². The maximum Gasteiger partial charge on any atom is 0.407 e. The fourth-order valence-electron chi connectivity index (χ4n) is 4.66. The van der Waals surface area contributed by atoms with Crippen LogP contribution in [0.3, 0.4) is 0 Å². The molecular weight excluding hydrogens is 464 g/mol. The molecule has 0 bridgehead atoms. The first-order valence-corrected chi connectivity index (χ1v) is 13.4. The Morgan fingerprint density at radius 1 is 1.00 bits per heavy atom. The molecule has 2 aromatic rings. The first-order chi connectivity index (χ1) is 17.6. The molecule has 0 radical (unpaired) electrons. The molecule has 1 unspecified atom stereocenters. The van der Waals surface area contributed by atoms with Crippen LogP contribution >= 0.6 is 0 Å². The summed E-state index contributed by atoms with van der Waals surface area (Å²) in [4.78, 5) is 32.0. The Balaban J connectivity index is 1.63. The average Bonchev–Trinajstić information content (AvgIpc) is 3.31. The molecular formula is C30H44N4O3. The van der Waals surface area contributed by atoms with Crippen LogP contribution in [-0.2, 0) is 11.3 Å². The summed E-state index contributed by atoms with van der Waals surface area (Å²) in [5.74, 6) is 0.0971. The van der Waals surface area contributed by atoms with E-state index in [-0.39, 0.29) is 5.91 Å². The lowest BCUT2D eigenvalue weighted by atomic mass is 10.0. The van der Waals surface area contributed by atoms with E-state index in [4.69, 9.17) is 4.74 Å². The van der Waals surface area contributed by atoms with Crippen molar-refractivity contribution in [1.82, 2.24) is 20.0 Å². The van der Waals surface area contributed by atoms with Gasteiger partial charge in [-0.2, -0.15) is 0 Å². The number of amides is 2. The summed E-state index contributed by atoms with van der Waals surface area (Å²) in [5.41, 5.74) is 3.31. The molecule has 1 aliphatic heterocycles. The second-order valence-corrected chi connectivity index (χ2v) is 11.1. The summed E-state index contributed by atoms with van der Waals surface area (Å²) in [7, 11) is 4.09. The van der Waals surface area contributed by atoms with Crippen LogP contribution < -0.4 is 5.32 Å². The summed E-state index contributed by atoms with van der Waals surface area (Å²) >= 11 is 0. The van der Waals surface area contributed by atoms with Gasteiger partial charge in [0.05, 0.1) is 0 Å². The van der Waals surface area contributed by atoms with Gasteiger partial charge in [-0.3, -0.25) is 9.69 Å². The number of benzene rings is 2. The van der Waals surface area contributed by atoms with Crippen molar-refractivity contribution in [3.05, 3.63) is 59.7 Å². The summed E-state index contributed by atoms with van der Waals surface area (Å²) in [6.07, 6.45) is 1.94. The van der Waals surface area contributed by atoms with E-state index in [1.54, 1.807) is 0 Å². The highest BCUT2D eigenvalue weighted by Gasteiger charge is 2.27. The summed E-state index contributed by atoms with van der Waals surface area (Å²) in [6, 6.07) is 16.4. The highest BCUT2D eigenvalue weighted by Crippen LogP contribution is 2.22. The van der Waals surface area contributed by atoms with Gasteiger partial charge in [-0.1, -0.05) is 43.3 Å². The smallest absolute Gasteiger partial charge is 0.407 e. The zero-order valence-electron chi connectivity index (χ0n) is 23.4. The Morgan fingerprint density at radius 3 is 2.19 bits per heavy atom. The second kappa shape index (κ2) is 13.1. The van der Waals surface area contributed by atoms with Gasteiger partial charge >= 0.3 is 6.09 Å². The van der Waals surface area contributed by atoms with Crippen molar-refractivity contribution in [3.8, 4) is 11.1 Å². The lowest BCUT2D eigenvalue weighted by molar-refractivity contribution is 0.0523. The molecule has 1 N–H and O–H groups in total. The molecule has 1 heterocycles. The number of carbonyl (C=O) groups excluding carboxylic acids is 2. The van der Waals surface area contributed by atoms with Gasteiger partial charge in [-0.15, -0.1) is 0 Å². The lowest BCUT2D eigenvalue weighted by Crippen LogP contribution is -2.45. The largest absolute Gasteiger partial charge is 0.444 e. The Hall–Kier alpha value is -2.90. The van der Waals surface area contributed by atoms with Crippen LogP contribution in [0.1, 0.15) is 56.5 Å². The predicted molar refractivity (Wildman–Crippen MR) is 150 cm³/mol. The Bertz CT molecular complexity index is 1010. The zero-order chi connectivity index (χ0) is 27.0. The van der Waals surface area contributed by atoms with Gasteiger partial charge in [0.25, 0.3) is 5.91 Å². The molecule has 2 aromatic carbocycles. The Morgan fingerprint density at radius 2 is 1.62 bits per heavy atom. The van der Waals surface area contributed by atoms with Crippen LogP contribution in [0, 0.1) is 0 Å². The van der Waals surface area contributed by atoms with Crippen LogP contribution in [0.15, 0.2) is 48.5 Å². The van der Waals surface area contributed by atoms with Crippen LogP contribution in [-0.4, -0.2) is 85.2 Å². The number of alkyl carbamates (subject to hydrolysis) is 1. The molecule has 0 spiro atoms. The van der Waals surface area contributed by atoms with E-state index in [1.807, 2.05) is 88.3 Å². The minimum atomic E-state index is -0.517. The third-order valence-electron chi connectivity index (χ3n) is 6.70. The number of nitrogens with one attached hydrogen (secondary N) is 1. The highest BCUT2D eigenvalue weighted by molar-refractivity contribution is 5.94. The monoisotopic (exact) mass is 508 g/mol. The molecule has 7 nitrogen and oxygen atoms in total. The normalized spacial score (nSPS) is 16.1. The van der Waals surface area contributed by atoms with Crippen molar-refractivity contribution in [2.45, 2.75) is 58.7 Å². The first kappa shape index (κ1) is 28.7. The Kier molecular flexibility index (Phi) is 10.1. The quantitative estimate of drug-likeness (QED) is 0.496. The number of ether oxygens (including phenoxy) is 1. The van der Waals surface area contributed by atoms with E-state index in [1.165, 1.54) is 6.42 Å². The number of rotatable bonds is 10. The molecule has 1 aliphatic rings. The standard InChI is InChI=1S/C30H44N4O3/c1-7-33-18-8-9-27(33)22-34(20-19-32(5)6)28(35)26-16-14-25(15-17-26)24-12-10-23(11-13-24)21-31-29(36)37-30(2,3)4/h10-17,27H,7-9,18-22H2,1-6H3,(H,31,36). The molecule has 37 heavy (non-hydrogen) atoms. The van der Waals surface area contributed by atoms with Crippen LogP contribution in [0.25, 0.3) is 11.1 Å². The average molecular weight is 509 g/mol.